The summed E-state index contributed by atoms with van der Waals surface area (Å²) >= 11 is 0. The van der Waals surface area contributed by atoms with Gasteiger partial charge in [-0.3, -0.25) is 0 Å². The number of hydrogen-bond acceptors (Lipinski definition) is 2. The molecule has 0 aliphatic heterocycles. The van der Waals surface area contributed by atoms with E-state index < -0.39 is 0 Å². The fourth-order valence-corrected chi connectivity index (χ4v) is 1.92. The number of nitrogens with one attached hydrogen (secondary N) is 1. The van der Waals surface area contributed by atoms with Crippen molar-refractivity contribution in [1.82, 2.24) is 0 Å². The second-order valence-corrected chi connectivity index (χ2v) is 5.51. The van der Waals surface area contributed by atoms with Crippen LogP contribution < -0.4 is 10.1 Å². The van der Waals surface area contributed by atoms with Crippen molar-refractivity contribution in [1.29, 1.82) is 0 Å². The minimum absolute atomic E-state index is 0.230. The van der Waals surface area contributed by atoms with E-state index in [2.05, 4.69) is 19.2 Å². The molecule has 0 aliphatic carbocycles. The van der Waals surface area contributed by atoms with Gasteiger partial charge in [0.05, 0.1) is 12.3 Å². The van der Waals surface area contributed by atoms with Crippen molar-refractivity contribution in [2.45, 2.75) is 26.8 Å². The van der Waals surface area contributed by atoms with Crippen LogP contribution in [0.3, 0.4) is 0 Å². The number of para-hydroxylation sites is 1. The zero-order valence-electron chi connectivity index (χ0n) is 12.6. The third kappa shape index (κ3) is 5.10. The molecule has 0 bridgehead atoms. The van der Waals surface area contributed by atoms with Crippen LogP contribution in [0.2, 0.25) is 0 Å². The summed E-state index contributed by atoms with van der Waals surface area (Å²) in [6, 6.07) is 14.6. The van der Waals surface area contributed by atoms with E-state index in [1.807, 2.05) is 30.3 Å². The van der Waals surface area contributed by atoms with Crippen LogP contribution in [-0.4, -0.2) is 6.61 Å². The lowest BCUT2D eigenvalue weighted by Gasteiger charge is -2.10. The van der Waals surface area contributed by atoms with Gasteiger partial charge in [-0.25, -0.2) is 4.39 Å². The van der Waals surface area contributed by atoms with Crippen molar-refractivity contribution in [3.05, 3.63) is 59.9 Å². The van der Waals surface area contributed by atoms with Crippen molar-refractivity contribution in [2.75, 3.05) is 11.9 Å². The number of hydrogen-bond donors (Lipinski definition) is 1. The first-order valence-corrected chi connectivity index (χ1v) is 7.35. The molecule has 0 unspecified atom stereocenters. The molecule has 2 rings (SSSR count). The largest absolute Gasteiger partial charge is 0.494 e. The highest BCUT2D eigenvalue weighted by Gasteiger charge is 2.01. The molecule has 0 aromatic heterocycles. The normalized spacial score (nSPS) is 10.7. The summed E-state index contributed by atoms with van der Waals surface area (Å²) < 4.78 is 19.2. The Labute approximate surface area is 126 Å². The SMILES string of the molecule is CC(C)CCOc1ccc(CNc2ccccc2F)cc1. The first kappa shape index (κ1) is 15.4. The van der Waals surface area contributed by atoms with E-state index >= 15 is 0 Å². The highest BCUT2D eigenvalue weighted by Crippen LogP contribution is 2.16. The van der Waals surface area contributed by atoms with E-state index in [0.717, 1.165) is 24.3 Å². The maximum absolute atomic E-state index is 13.5. The molecule has 2 nitrogen and oxygen atoms in total. The zero-order chi connectivity index (χ0) is 15.1. The van der Waals surface area contributed by atoms with Crippen LogP contribution >= 0.6 is 0 Å². The van der Waals surface area contributed by atoms with Crippen molar-refractivity contribution in [3.63, 3.8) is 0 Å². The van der Waals surface area contributed by atoms with Gasteiger partial charge in [0.25, 0.3) is 0 Å². The standard InChI is InChI=1S/C18H22FNO/c1-14(2)11-12-21-16-9-7-15(8-10-16)13-20-18-6-4-3-5-17(18)19/h3-10,14,20H,11-13H2,1-2H3. The van der Waals surface area contributed by atoms with Gasteiger partial charge in [-0.15, -0.1) is 0 Å². The molecule has 112 valence electrons. The maximum atomic E-state index is 13.5. The van der Waals surface area contributed by atoms with Gasteiger partial charge in [-0.1, -0.05) is 38.1 Å². The molecule has 21 heavy (non-hydrogen) atoms. The highest BCUT2D eigenvalue weighted by molar-refractivity contribution is 5.45. The van der Waals surface area contributed by atoms with E-state index in [1.54, 1.807) is 12.1 Å². The molecule has 1 N–H and O–H groups in total. The number of anilines is 1. The summed E-state index contributed by atoms with van der Waals surface area (Å²) in [6.07, 6.45) is 1.05. The van der Waals surface area contributed by atoms with Crippen molar-refractivity contribution >= 4 is 5.69 Å². The number of ether oxygens (including phenoxy) is 1. The van der Waals surface area contributed by atoms with Crippen LogP contribution in [0.25, 0.3) is 0 Å². The Morgan fingerprint density at radius 3 is 2.43 bits per heavy atom. The Hall–Kier alpha value is -2.03. The Morgan fingerprint density at radius 1 is 1.05 bits per heavy atom. The number of rotatable bonds is 7. The van der Waals surface area contributed by atoms with E-state index in [4.69, 9.17) is 4.74 Å². The molecule has 0 spiro atoms. The van der Waals surface area contributed by atoms with Crippen LogP contribution in [0.15, 0.2) is 48.5 Å². The predicted molar refractivity (Wildman–Crippen MR) is 85.1 cm³/mol. The summed E-state index contributed by atoms with van der Waals surface area (Å²) in [7, 11) is 0. The highest BCUT2D eigenvalue weighted by atomic mass is 19.1. The Morgan fingerprint density at radius 2 is 1.76 bits per heavy atom. The molecule has 2 aromatic carbocycles. The van der Waals surface area contributed by atoms with Crippen LogP contribution in [0.1, 0.15) is 25.8 Å². The van der Waals surface area contributed by atoms with E-state index in [9.17, 15) is 4.39 Å². The summed E-state index contributed by atoms with van der Waals surface area (Å²) in [4.78, 5) is 0. The van der Waals surface area contributed by atoms with Crippen LogP contribution in [0.4, 0.5) is 10.1 Å². The fourth-order valence-electron chi connectivity index (χ4n) is 1.92. The molecular weight excluding hydrogens is 265 g/mol. The lowest BCUT2D eigenvalue weighted by Crippen LogP contribution is -2.03. The second-order valence-electron chi connectivity index (χ2n) is 5.51. The average Bonchev–Trinajstić information content (AvgIpc) is 2.47. The van der Waals surface area contributed by atoms with Gasteiger partial charge in [-0.2, -0.15) is 0 Å². The minimum Gasteiger partial charge on any atom is -0.494 e. The minimum atomic E-state index is -0.230. The number of halogens is 1. The summed E-state index contributed by atoms with van der Waals surface area (Å²) in [5.74, 6) is 1.30. The van der Waals surface area contributed by atoms with E-state index in [-0.39, 0.29) is 5.82 Å². The molecular formula is C18H22FNO. The predicted octanol–water partition coefficient (Wildman–Crippen LogP) is 4.86. The molecule has 0 aliphatic rings. The van der Waals surface area contributed by atoms with E-state index in [1.165, 1.54) is 6.07 Å². The number of benzene rings is 2. The van der Waals surface area contributed by atoms with Gasteiger partial charge in [0, 0.05) is 6.54 Å². The monoisotopic (exact) mass is 287 g/mol. The molecule has 0 fully saturated rings. The van der Waals surface area contributed by atoms with Crippen LogP contribution in [0, 0.1) is 11.7 Å². The topological polar surface area (TPSA) is 21.3 Å². The molecule has 2 aromatic rings. The van der Waals surface area contributed by atoms with Gasteiger partial charge in [0.2, 0.25) is 0 Å². The molecule has 0 amide bonds. The van der Waals surface area contributed by atoms with Crippen molar-refractivity contribution in [3.8, 4) is 5.75 Å². The van der Waals surface area contributed by atoms with E-state index in [0.29, 0.717) is 18.2 Å². The van der Waals surface area contributed by atoms with Gasteiger partial charge in [0.15, 0.2) is 0 Å². The summed E-state index contributed by atoms with van der Waals surface area (Å²) in [6.45, 7) is 5.69. The quantitative estimate of drug-likeness (QED) is 0.785. The smallest absolute Gasteiger partial charge is 0.146 e. The van der Waals surface area contributed by atoms with Gasteiger partial charge in [-0.05, 0) is 42.2 Å². The van der Waals surface area contributed by atoms with Gasteiger partial charge in [0.1, 0.15) is 11.6 Å². The Kier molecular flexibility index (Phi) is 5.61. The first-order valence-electron chi connectivity index (χ1n) is 7.35. The molecule has 0 atom stereocenters. The lowest BCUT2D eigenvalue weighted by molar-refractivity contribution is 0.289. The Bertz CT molecular complexity index is 551. The zero-order valence-corrected chi connectivity index (χ0v) is 12.6. The second kappa shape index (κ2) is 7.67. The van der Waals surface area contributed by atoms with Gasteiger partial charge < -0.3 is 10.1 Å². The molecule has 0 radical (unpaired) electrons. The maximum Gasteiger partial charge on any atom is 0.146 e. The van der Waals surface area contributed by atoms with Gasteiger partial charge >= 0.3 is 0 Å². The third-order valence-electron chi connectivity index (χ3n) is 3.24. The third-order valence-corrected chi connectivity index (χ3v) is 3.24. The molecule has 3 heteroatoms. The first-order chi connectivity index (χ1) is 10.1. The molecule has 0 heterocycles. The molecule has 0 saturated heterocycles. The average molecular weight is 287 g/mol. The fraction of sp³-hybridized carbons (Fsp3) is 0.333. The summed E-state index contributed by atoms with van der Waals surface area (Å²) in [5.41, 5.74) is 1.62. The van der Waals surface area contributed by atoms with Crippen molar-refractivity contribution in [2.24, 2.45) is 5.92 Å². The van der Waals surface area contributed by atoms with Crippen LogP contribution in [-0.2, 0) is 6.54 Å². The lowest BCUT2D eigenvalue weighted by atomic mass is 10.1. The van der Waals surface area contributed by atoms with Crippen molar-refractivity contribution < 1.29 is 9.13 Å². The summed E-state index contributed by atoms with van der Waals surface area (Å²) in [5, 5.41) is 3.09. The molecule has 0 saturated carbocycles. The Balaban J connectivity index is 1.84. The van der Waals surface area contributed by atoms with Crippen LogP contribution in [0.5, 0.6) is 5.75 Å².